The summed E-state index contributed by atoms with van der Waals surface area (Å²) < 4.78 is 1.57. The molecule has 1 aliphatic heterocycles. The fourth-order valence-corrected chi connectivity index (χ4v) is 4.61. The Morgan fingerprint density at radius 1 is 1.14 bits per heavy atom. The van der Waals surface area contributed by atoms with Crippen molar-refractivity contribution >= 4 is 46.0 Å². The van der Waals surface area contributed by atoms with Gasteiger partial charge in [-0.15, -0.1) is 11.8 Å². The van der Waals surface area contributed by atoms with Crippen LogP contribution in [-0.2, 0) is 11.8 Å². The van der Waals surface area contributed by atoms with Gasteiger partial charge in [-0.3, -0.25) is 9.59 Å². The third-order valence-electron chi connectivity index (χ3n) is 5.13. The summed E-state index contributed by atoms with van der Waals surface area (Å²) in [6.07, 6.45) is 1.78. The maximum absolute atomic E-state index is 12.7. The molecule has 0 bridgehead atoms. The van der Waals surface area contributed by atoms with E-state index in [4.69, 9.17) is 11.6 Å². The Bertz CT molecular complexity index is 1100. The van der Waals surface area contributed by atoms with Gasteiger partial charge in [0.25, 0.3) is 5.56 Å². The molecular formula is C21H21ClN4O2S. The molecule has 0 atom stereocenters. The van der Waals surface area contributed by atoms with Crippen LogP contribution in [0.5, 0.6) is 0 Å². The lowest BCUT2D eigenvalue weighted by molar-refractivity contribution is -0.128. The maximum Gasteiger partial charge on any atom is 0.251 e. The van der Waals surface area contributed by atoms with Crippen molar-refractivity contribution in [1.29, 1.82) is 0 Å². The number of halogens is 1. The number of aromatic nitrogens is 2. The lowest BCUT2D eigenvalue weighted by Crippen LogP contribution is -2.49. The first kappa shape index (κ1) is 19.8. The van der Waals surface area contributed by atoms with Crippen molar-refractivity contribution in [2.45, 2.75) is 4.90 Å². The maximum atomic E-state index is 12.7. The molecule has 3 heterocycles. The van der Waals surface area contributed by atoms with Crippen molar-refractivity contribution in [3.05, 3.63) is 64.0 Å². The third-order valence-corrected chi connectivity index (χ3v) is 6.40. The summed E-state index contributed by atoms with van der Waals surface area (Å²) in [6, 6.07) is 12.9. The normalized spacial score (nSPS) is 14.4. The van der Waals surface area contributed by atoms with Gasteiger partial charge >= 0.3 is 0 Å². The molecule has 1 saturated heterocycles. The lowest BCUT2D eigenvalue weighted by atomic mass is 10.2. The number of rotatable bonds is 4. The van der Waals surface area contributed by atoms with Crippen LogP contribution >= 0.6 is 23.4 Å². The van der Waals surface area contributed by atoms with E-state index in [1.165, 1.54) is 11.8 Å². The van der Waals surface area contributed by atoms with Gasteiger partial charge in [-0.2, -0.15) is 0 Å². The predicted molar refractivity (Wildman–Crippen MR) is 118 cm³/mol. The highest BCUT2D eigenvalue weighted by Gasteiger charge is 2.22. The molecule has 150 valence electrons. The van der Waals surface area contributed by atoms with E-state index in [1.54, 1.807) is 36.0 Å². The van der Waals surface area contributed by atoms with Crippen LogP contribution in [0.4, 0.5) is 5.82 Å². The monoisotopic (exact) mass is 428 g/mol. The second-order valence-corrected chi connectivity index (χ2v) is 8.37. The number of amides is 1. The van der Waals surface area contributed by atoms with Gasteiger partial charge in [-0.05, 0) is 24.3 Å². The van der Waals surface area contributed by atoms with E-state index in [1.807, 2.05) is 29.2 Å². The number of nitrogens with zero attached hydrogens (tertiary/aromatic N) is 4. The third kappa shape index (κ3) is 4.26. The summed E-state index contributed by atoms with van der Waals surface area (Å²) in [5.74, 6) is 1.33. The number of fused-ring (bicyclic) bond motifs is 1. The first-order valence-corrected chi connectivity index (χ1v) is 10.7. The molecule has 1 amide bonds. The van der Waals surface area contributed by atoms with E-state index in [9.17, 15) is 9.59 Å². The Morgan fingerprint density at radius 3 is 2.66 bits per heavy atom. The minimum absolute atomic E-state index is 0.0819. The van der Waals surface area contributed by atoms with Gasteiger partial charge in [0.1, 0.15) is 5.82 Å². The fourth-order valence-electron chi connectivity index (χ4n) is 3.47. The zero-order valence-electron chi connectivity index (χ0n) is 16.0. The molecule has 0 spiro atoms. The van der Waals surface area contributed by atoms with Crippen LogP contribution in [0.15, 0.2) is 58.4 Å². The quantitative estimate of drug-likeness (QED) is 0.598. The predicted octanol–water partition coefficient (Wildman–Crippen LogP) is 3.03. The average molecular weight is 429 g/mol. The molecule has 4 rings (SSSR count). The van der Waals surface area contributed by atoms with Crippen LogP contribution in [0.3, 0.4) is 0 Å². The molecule has 0 N–H and O–H groups in total. The average Bonchev–Trinajstić information content (AvgIpc) is 2.76. The molecule has 29 heavy (non-hydrogen) atoms. The van der Waals surface area contributed by atoms with E-state index in [0.717, 1.165) is 34.7 Å². The highest BCUT2D eigenvalue weighted by Crippen LogP contribution is 2.28. The number of hydrogen-bond acceptors (Lipinski definition) is 5. The van der Waals surface area contributed by atoms with Crippen LogP contribution in [0.2, 0.25) is 5.02 Å². The molecule has 0 radical (unpaired) electrons. The van der Waals surface area contributed by atoms with Gasteiger partial charge in [-0.1, -0.05) is 23.7 Å². The molecule has 1 aromatic carbocycles. The van der Waals surface area contributed by atoms with E-state index in [-0.39, 0.29) is 11.5 Å². The largest absolute Gasteiger partial charge is 0.353 e. The Labute approximate surface area is 178 Å². The Morgan fingerprint density at radius 2 is 1.93 bits per heavy atom. The van der Waals surface area contributed by atoms with Crippen molar-refractivity contribution in [2.24, 2.45) is 7.05 Å². The molecule has 2 aromatic heterocycles. The first-order chi connectivity index (χ1) is 14.0. The van der Waals surface area contributed by atoms with E-state index >= 15 is 0 Å². The number of hydrogen-bond donors (Lipinski definition) is 0. The number of benzene rings is 1. The Hall–Kier alpha value is -2.51. The smallest absolute Gasteiger partial charge is 0.251 e. The van der Waals surface area contributed by atoms with Gasteiger partial charge in [0.2, 0.25) is 5.91 Å². The number of aryl methyl sites for hydroxylation is 1. The molecule has 0 aliphatic carbocycles. The molecular weight excluding hydrogens is 408 g/mol. The first-order valence-electron chi connectivity index (χ1n) is 9.39. The van der Waals surface area contributed by atoms with Crippen LogP contribution in [0.25, 0.3) is 10.9 Å². The van der Waals surface area contributed by atoms with E-state index in [2.05, 4.69) is 9.88 Å². The fraction of sp³-hybridized carbons (Fsp3) is 0.286. The Kier molecular flexibility index (Phi) is 5.78. The van der Waals surface area contributed by atoms with Gasteiger partial charge in [0.15, 0.2) is 0 Å². The molecule has 0 saturated carbocycles. The van der Waals surface area contributed by atoms with Crippen LogP contribution in [-0.4, -0.2) is 52.3 Å². The van der Waals surface area contributed by atoms with E-state index in [0.29, 0.717) is 23.9 Å². The lowest BCUT2D eigenvalue weighted by Gasteiger charge is -2.35. The van der Waals surface area contributed by atoms with Crippen LogP contribution < -0.4 is 10.5 Å². The number of carbonyl (C=O) groups excluding carboxylic acids is 1. The standard InChI is InChI=1S/C21H21ClN4O2S/c1-24-17-12-15(22)5-6-16(17)18(13-20(24)27)29-14-21(28)26-10-8-25(9-11-26)19-4-2-3-7-23-19/h2-7,12-13H,8-11,14H2,1H3. The minimum Gasteiger partial charge on any atom is -0.353 e. The summed E-state index contributed by atoms with van der Waals surface area (Å²) in [7, 11) is 1.72. The highest BCUT2D eigenvalue weighted by atomic mass is 35.5. The minimum atomic E-state index is -0.112. The molecule has 8 heteroatoms. The molecule has 3 aromatic rings. The van der Waals surface area contributed by atoms with Crippen molar-refractivity contribution in [1.82, 2.24) is 14.5 Å². The molecule has 0 unspecified atom stereocenters. The van der Waals surface area contributed by atoms with Crippen LogP contribution in [0, 0.1) is 0 Å². The topological polar surface area (TPSA) is 58.4 Å². The summed E-state index contributed by atoms with van der Waals surface area (Å²) in [5, 5.41) is 1.51. The second kappa shape index (κ2) is 8.47. The van der Waals surface area contributed by atoms with Crippen LogP contribution in [0.1, 0.15) is 0 Å². The Balaban J connectivity index is 1.42. The highest BCUT2D eigenvalue weighted by molar-refractivity contribution is 8.00. The summed E-state index contributed by atoms with van der Waals surface area (Å²) in [6.45, 7) is 2.87. The number of piperazine rings is 1. The van der Waals surface area contributed by atoms with Crippen molar-refractivity contribution in [2.75, 3.05) is 36.8 Å². The van der Waals surface area contributed by atoms with E-state index < -0.39 is 0 Å². The molecule has 1 aliphatic rings. The summed E-state index contributed by atoms with van der Waals surface area (Å²) in [5.41, 5.74) is 0.655. The van der Waals surface area contributed by atoms with Gasteiger partial charge < -0.3 is 14.4 Å². The zero-order valence-corrected chi connectivity index (χ0v) is 17.6. The van der Waals surface area contributed by atoms with Gasteiger partial charge in [0.05, 0.1) is 11.3 Å². The van der Waals surface area contributed by atoms with Gasteiger partial charge in [0, 0.05) is 60.8 Å². The second-order valence-electron chi connectivity index (χ2n) is 6.91. The van der Waals surface area contributed by atoms with Crippen molar-refractivity contribution in [3.8, 4) is 0 Å². The number of pyridine rings is 2. The summed E-state index contributed by atoms with van der Waals surface area (Å²) >= 11 is 7.49. The molecule has 1 fully saturated rings. The van der Waals surface area contributed by atoms with Gasteiger partial charge in [-0.25, -0.2) is 4.98 Å². The van der Waals surface area contributed by atoms with Crippen molar-refractivity contribution < 1.29 is 4.79 Å². The number of thioether (sulfide) groups is 1. The van der Waals surface area contributed by atoms with Crippen molar-refractivity contribution in [3.63, 3.8) is 0 Å². The summed E-state index contributed by atoms with van der Waals surface area (Å²) in [4.78, 5) is 34.3. The number of anilines is 1. The molecule has 6 nitrogen and oxygen atoms in total. The SMILES string of the molecule is Cn1c(=O)cc(SCC(=O)N2CCN(c3ccccn3)CC2)c2ccc(Cl)cc21. The number of carbonyl (C=O) groups is 1. The zero-order chi connectivity index (χ0) is 20.4.